The van der Waals surface area contributed by atoms with E-state index in [0.717, 1.165) is 33.3 Å². The number of fused-ring (bicyclic) bond motifs is 1. The Balaban J connectivity index is 1.51. The molecule has 4 aromatic rings. The highest BCUT2D eigenvalue weighted by atomic mass is 32.2. The van der Waals surface area contributed by atoms with Crippen LogP contribution in [0.3, 0.4) is 0 Å². The maximum atomic E-state index is 12.9. The van der Waals surface area contributed by atoms with Crippen LogP contribution in [0.2, 0.25) is 0 Å². The van der Waals surface area contributed by atoms with Crippen molar-refractivity contribution in [1.82, 2.24) is 10.4 Å². The molecule has 8 heteroatoms. The Hall–Kier alpha value is -3.91. The average Bonchev–Trinajstić information content (AvgIpc) is 3.11. The Morgan fingerprint density at radius 3 is 2.55 bits per heavy atom. The second-order valence-electron chi connectivity index (χ2n) is 7.86. The molecule has 33 heavy (non-hydrogen) atoms. The summed E-state index contributed by atoms with van der Waals surface area (Å²) in [6.45, 7) is 5.71. The van der Waals surface area contributed by atoms with Crippen LogP contribution in [0.1, 0.15) is 32.7 Å². The number of H-pyrrole nitrogens is 1. The first-order valence-electron chi connectivity index (χ1n) is 10.4. The Kier molecular flexibility index (Phi) is 6.02. The molecule has 0 spiro atoms. The molecule has 168 valence electrons. The van der Waals surface area contributed by atoms with Crippen LogP contribution in [0.5, 0.6) is 0 Å². The van der Waals surface area contributed by atoms with E-state index in [-0.39, 0.29) is 10.5 Å². The van der Waals surface area contributed by atoms with Gasteiger partial charge in [-0.3, -0.25) is 9.52 Å². The van der Waals surface area contributed by atoms with E-state index in [1.54, 1.807) is 12.3 Å². The number of aromatic nitrogens is 1. The van der Waals surface area contributed by atoms with Gasteiger partial charge in [0.05, 0.1) is 16.8 Å². The van der Waals surface area contributed by atoms with Crippen molar-refractivity contribution in [3.63, 3.8) is 0 Å². The molecule has 0 unspecified atom stereocenters. The van der Waals surface area contributed by atoms with E-state index in [2.05, 4.69) is 20.2 Å². The highest BCUT2D eigenvalue weighted by molar-refractivity contribution is 7.92. The van der Waals surface area contributed by atoms with Gasteiger partial charge in [0.1, 0.15) is 0 Å². The normalized spacial score (nSPS) is 11.7. The number of hydrogen-bond donors (Lipinski definition) is 3. The van der Waals surface area contributed by atoms with Crippen molar-refractivity contribution in [3.8, 4) is 0 Å². The lowest BCUT2D eigenvalue weighted by Gasteiger charge is -2.12. The topological polar surface area (TPSA) is 103 Å². The van der Waals surface area contributed by atoms with Crippen molar-refractivity contribution in [1.29, 1.82) is 0 Å². The van der Waals surface area contributed by atoms with Gasteiger partial charge in [-0.1, -0.05) is 42.0 Å². The summed E-state index contributed by atoms with van der Waals surface area (Å²) in [6.07, 6.45) is 1.58. The molecule has 1 amide bonds. The number of nitrogens with zero attached hydrogens (tertiary/aromatic N) is 1. The molecule has 0 aliphatic carbocycles. The summed E-state index contributed by atoms with van der Waals surface area (Å²) in [4.78, 5) is 15.9. The van der Waals surface area contributed by atoms with Gasteiger partial charge in [-0.05, 0) is 56.7 Å². The molecule has 1 heterocycles. The summed E-state index contributed by atoms with van der Waals surface area (Å²) < 4.78 is 28.3. The lowest BCUT2D eigenvalue weighted by Crippen LogP contribution is -2.19. The first-order chi connectivity index (χ1) is 15.7. The Morgan fingerprint density at radius 1 is 0.970 bits per heavy atom. The number of anilines is 1. The van der Waals surface area contributed by atoms with Crippen molar-refractivity contribution in [3.05, 3.63) is 94.7 Å². The van der Waals surface area contributed by atoms with Crippen molar-refractivity contribution in [2.45, 2.75) is 25.7 Å². The van der Waals surface area contributed by atoms with Gasteiger partial charge in [0.15, 0.2) is 0 Å². The summed E-state index contributed by atoms with van der Waals surface area (Å²) in [7, 11) is -3.86. The Morgan fingerprint density at radius 2 is 1.76 bits per heavy atom. The van der Waals surface area contributed by atoms with Crippen molar-refractivity contribution in [2.75, 3.05) is 4.72 Å². The third kappa shape index (κ3) is 4.80. The third-order valence-corrected chi connectivity index (χ3v) is 6.70. The number of aryl methyl sites for hydroxylation is 3. The average molecular weight is 461 g/mol. The van der Waals surface area contributed by atoms with Gasteiger partial charge in [0, 0.05) is 27.7 Å². The van der Waals surface area contributed by atoms with E-state index < -0.39 is 15.9 Å². The standard InChI is InChI=1S/C25H24N4O3S/c1-16-11-12-23(17(2)13-16)29-33(31,32)20-8-6-7-19(14-20)25(30)28-26-15-22-18(3)27-24-10-5-4-9-21(22)24/h4-15,27,29H,1-3H3,(H,28,30). The predicted molar refractivity (Wildman–Crippen MR) is 131 cm³/mol. The molecule has 0 bridgehead atoms. The highest BCUT2D eigenvalue weighted by Crippen LogP contribution is 2.22. The molecule has 3 N–H and O–H groups in total. The summed E-state index contributed by atoms with van der Waals surface area (Å²) in [6, 6.07) is 19.1. The minimum absolute atomic E-state index is 0.00780. The molecule has 7 nitrogen and oxygen atoms in total. The molecule has 0 saturated heterocycles. The fourth-order valence-electron chi connectivity index (χ4n) is 3.62. The van der Waals surface area contributed by atoms with Gasteiger partial charge in [0.25, 0.3) is 15.9 Å². The minimum atomic E-state index is -3.86. The monoisotopic (exact) mass is 460 g/mol. The van der Waals surface area contributed by atoms with Crippen LogP contribution in [-0.2, 0) is 10.0 Å². The summed E-state index contributed by atoms with van der Waals surface area (Å²) in [5, 5.41) is 5.07. The summed E-state index contributed by atoms with van der Waals surface area (Å²) in [5.41, 5.74) is 7.80. The second kappa shape index (κ2) is 8.91. The fraction of sp³-hybridized carbons (Fsp3) is 0.120. The van der Waals surface area contributed by atoms with Crippen LogP contribution in [0.15, 0.2) is 76.7 Å². The maximum Gasteiger partial charge on any atom is 0.271 e. The minimum Gasteiger partial charge on any atom is -0.358 e. The molecular weight excluding hydrogens is 436 g/mol. The summed E-state index contributed by atoms with van der Waals surface area (Å²) in [5.74, 6) is -0.507. The van der Waals surface area contributed by atoms with Gasteiger partial charge in [0.2, 0.25) is 0 Å². The SMILES string of the molecule is Cc1ccc(NS(=O)(=O)c2cccc(C(=O)NN=Cc3c(C)[nH]c4ccccc34)c2)c(C)c1. The quantitative estimate of drug-likeness (QED) is 0.288. The molecule has 4 rings (SSSR count). The first kappa shape index (κ1) is 22.3. The summed E-state index contributed by atoms with van der Waals surface area (Å²) >= 11 is 0. The molecule has 1 aromatic heterocycles. The van der Waals surface area contributed by atoms with Crippen LogP contribution < -0.4 is 10.1 Å². The zero-order chi connectivity index (χ0) is 23.6. The number of hydrogen-bond acceptors (Lipinski definition) is 4. The highest BCUT2D eigenvalue weighted by Gasteiger charge is 2.17. The van der Waals surface area contributed by atoms with E-state index in [9.17, 15) is 13.2 Å². The zero-order valence-corrected chi connectivity index (χ0v) is 19.3. The van der Waals surface area contributed by atoms with Crippen molar-refractivity contribution in [2.24, 2.45) is 5.10 Å². The zero-order valence-electron chi connectivity index (χ0n) is 18.5. The Bertz CT molecular complexity index is 1490. The lowest BCUT2D eigenvalue weighted by molar-refractivity contribution is 0.0955. The molecule has 0 aliphatic rings. The lowest BCUT2D eigenvalue weighted by atomic mass is 10.1. The van der Waals surface area contributed by atoms with Crippen LogP contribution in [-0.4, -0.2) is 25.5 Å². The predicted octanol–water partition coefficient (Wildman–Crippen LogP) is 4.66. The Labute approximate surface area is 192 Å². The second-order valence-corrected chi connectivity index (χ2v) is 9.54. The van der Waals surface area contributed by atoms with E-state index >= 15 is 0 Å². The largest absolute Gasteiger partial charge is 0.358 e. The van der Waals surface area contributed by atoms with Gasteiger partial charge >= 0.3 is 0 Å². The third-order valence-electron chi connectivity index (χ3n) is 5.34. The first-order valence-corrected chi connectivity index (χ1v) is 11.8. The number of nitrogens with one attached hydrogen (secondary N) is 3. The smallest absolute Gasteiger partial charge is 0.271 e. The maximum absolute atomic E-state index is 12.9. The number of rotatable bonds is 6. The van der Waals surface area contributed by atoms with Gasteiger partial charge < -0.3 is 4.98 Å². The number of aromatic amines is 1. The molecule has 0 saturated carbocycles. The van der Waals surface area contributed by atoms with Gasteiger partial charge in [-0.2, -0.15) is 5.10 Å². The van der Waals surface area contributed by atoms with E-state index in [1.807, 2.05) is 57.2 Å². The molecule has 3 aromatic carbocycles. The number of benzene rings is 3. The van der Waals surface area contributed by atoms with Crippen LogP contribution in [0.4, 0.5) is 5.69 Å². The van der Waals surface area contributed by atoms with E-state index in [0.29, 0.717) is 5.69 Å². The van der Waals surface area contributed by atoms with Crippen LogP contribution in [0.25, 0.3) is 10.9 Å². The number of para-hydroxylation sites is 1. The molecule has 0 radical (unpaired) electrons. The van der Waals surface area contributed by atoms with Crippen LogP contribution >= 0.6 is 0 Å². The van der Waals surface area contributed by atoms with Crippen molar-refractivity contribution >= 4 is 38.7 Å². The molecule has 0 atom stereocenters. The van der Waals surface area contributed by atoms with Crippen LogP contribution in [0, 0.1) is 20.8 Å². The number of carbonyl (C=O) groups excluding carboxylic acids is 1. The number of carbonyl (C=O) groups is 1. The number of hydrazone groups is 1. The molecular formula is C25H24N4O3S. The van der Waals surface area contributed by atoms with Crippen molar-refractivity contribution < 1.29 is 13.2 Å². The fourth-order valence-corrected chi connectivity index (χ4v) is 4.80. The van der Waals surface area contributed by atoms with E-state index in [4.69, 9.17) is 0 Å². The van der Waals surface area contributed by atoms with Gasteiger partial charge in [-0.25, -0.2) is 13.8 Å². The molecule has 0 fully saturated rings. The molecule has 0 aliphatic heterocycles. The number of amides is 1. The van der Waals surface area contributed by atoms with Gasteiger partial charge in [-0.15, -0.1) is 0 Å². The van der Waals surface area contributed by atoms with E-state index in [1.165, 1.54) is 24.3 Å². The number of sulfonamides is 1.